The van der Waals surface area contributed by atoms with Crippen LogP contribution in [0.2, 0.25) is 36.3 Å². The van der Waals surface area contributed by atoms with Gasteiger partial charge in [0.2, 0.25) is 0 Å². The molecule has 1 saturated heterocycles. The Morgan fingerprint density at radius 3 is 1.90 bits per heavy atom. The SMILES string of the molecule is CC1(C)OC(CO)[C@@H]([C@@H](O[Si](C)(C)C(C)(C)C)C(=O)CO[Si](C)(C)C(C)(C)C)O1. The van der Waals surface area contributed by atoms with E-state index in [2.05, 4.69) is 67.7 Å². The number of aliphatic hydroxyl groups is 1. The number of ketones is 1. The van der Waals surface area contributed by atoms with Gasteiger partial charge < -0.3 is 23.4 Å². The number of hydrogen-bond acceptors (Lipinski definition) is 6. The molecule has 1 unspecified atom stereocenters. The molecular formula is C21H44O6Si2. The third kappa shape index (κ3) is 6.69. The summed E-state index contributed by atoms with van der Waals surface area (Å²) in [4.78, 5) is 13.4. The first-order valence-corrected chi connectivity index (χ1v) is 16.4. The molecule has 1 aliphatic rings. The summed E-state index contributed by atoms with van der Waals surface area (Å²) in [5, 5.41) is 9.77. The summed E-state index contributed by atoms with van der Waals surface area (Å²) < 4.78 is 24.6. The summed E-state index contributed by atoms with van der Waals surface area (Å²) >= 11 is 0. The molecule has 8 heteroatoms. The average molecular weight is 449 g/mol. The fourth-order valence-electron chi connectivity index (χ4n) is 2.62. The van der Waals surface area contributed by atoms with Gasteiger partial charge in [-0.25, -0.2) is 0 Å². The van der Waals surface area contributed by atoms with Crippen molar-refractivity contribution in [3.63, 3.8) is 0 Å². The van der Waals surface area contributed by atoms with E-state index >= 15 is 0 Å². The first-order valence-electron chi connectivity index (χ1n) is 10.5. The summed E-state index contributed by atoms with van der Waals surface area (Å²) in [6.07, 6.45) is -2.11. The monoisotopic (exact) mass is 448 g/mol. The Kier molecular flexibility index (Phi) is 8.18. The van der Waals surface area contributed by atoms with Crippen molar-refractivity contribution in [2.75, 3.05) is 13.2 Å². The maximum Gasteiger partial charge on any atom is 0.193 e. The van der Waals surface area contributed by atoms with E-state index in [4.69, 9.17) is 18.3 Å². The lowest BCUT2D eigenvalue weighted by atomic mass is 10.1. The predicted octanol–water partition coefficient (Wildman–Crippen LogP) is 4.48. The van der Waals surface area contributed by atoms with Gasteiger partial charge in [0.05, 0.1) is 13.2 Å². The van der Waals surface area contributed by atoms with Gasteiger partial charge in [-0.05, 0) is 50.1 Å². The third-order valence-corrected chi connectivity index (χ3v) is 15.6. The Morgan fingerprint density at radius 1 is 1.00 bits per heavy atom. The van der Waals surface area contributed by atoms with Gasteiger partial charge in [-0.2, -0.15) is 0 Å². The molecule has 0 aromatic heterocycles. The quantitative estimate of drug-likeness (QED) is 0.552. The largest absolute Gasteiger partial charge is 0.409 e. The van der Waals surface area contributed by atoms with Crippen LogP contribution in [0.15, 0.2) is 0 Å². The Hall–Kier alpha value is -0.0962. The molecule has 0 spiro atoms. The minimum Gasteiger partial charge on any atom is -0.409 e. The molecule has 29 heavy (non-hydrogen) atoms. The first-order chi connectivity index (χ1) is 12.7. The molecule has 0 saturated carbocycles. The van der Waals surface area contributed by atoms with Crippen molar-refractivity contribution in [1.82, 2.24) is 0 Å². The van der Waals surface area contributed by atoms with Crippen molar-refractivity contribution in [2.45, 2.75) is 116 Å². The Bertz CT molecular complexity index is 575. The van der Waals surface area contributed by atoms with Crippen molar-refractivity contribution in [2.24, 2.45) is 0 Å². The summed E-state index contributed by atoms with van der Waals surface area (Å²) in [6, 6.07) is 0. The van der Waals surface area contributed by atoms with Gasteiger partial charge in [0, 0.05) is 0 Å². The maximum atomic E-state index is 13.4. The van der Waals surface area contributed by atoms with E-state index in [0.29, 0.717) is 0 Å². The van der Waals surface area contributed by atoms with Gasteiger partial charge in [-0.3, -0.25) is 4.79 Å². The molecule has 0 aromatic rings. The van der Waals surface area contributed by atoms with Crippen molar-refractivity contribution in [3.05, 3.63) is 0 Å². The molecule has 0 radical (unpaired) electrons. The topological polar surface area (TPSA) is 74.2 Å². The highest BCUT2D eigenvalue weighted by Crippen LogP contribution is 2.40. The fraction of sp³-hybridized carbons (Fsp3) is 0.952. The van der Waals surface area contributed by atoms with Crippen LogP contribution in [0.1, 0.15) is 55.4 Å². The number of rotatable bonds is 8. The maximum absolute atomic E-state index is 13.4. The molecule has 3 atom stereocenters. The lowest BCUT2D eigenvalue weighted by molar-refractivity contribution is -0.160. The predicted molar refractivity (Wildman–Crippen MR) is 121 cm³/mol. The molecule has 0 amide bonds. The molecule has 0 aromatic carbocycles. The van der Waals surface area contributed by atoms with E-state index in [-0.39, 0.29) is 29.1 Å². The van der Waals surface area contributed by atoms with E-state index in [1.165, 1.54) is 0 Å². The number of hydrogen-bond donors (Lipinski definition) is 1. The molecule has 0 bridgehead atoms. The second-order valence-electron chi connectivity index (χ2n) is 11.6. The van der Waals surface area contributed by atoms with E-state index in [1.807, 2.05) is 0 Å². The summed E-state index contributed by atoms with van der Waals surface area (Å²) in [5.41, 5.74) is 0. The molecular weight excluding hydrogens is 404 g/mol. The third-order valence-electron chi connectivity index (χ3n) is 6.63. The minimum atomic E-state index is -2.28. The Morgan fingerprint density at radius 2 is 1.48 bits per heavy atom. The standard InChI is InChI=1S/C21H44O6Si2/c1-19(2,3)28(9,10)24-14-15(23)17(27-29(11,12)20(4,5)6)18-16(13-22)25-21(7,8)26-18/h16-18,22H,13-14H2,1-12H3/t16?,17-,18-/m0/s1. The first kappa shape index (κ1) is 26.9. The van der Waals surface area contributed by atoms with Gasteiger partial charge in [-0.1, -0.05) is 41.5 Å². The van der Waals surface area contributed by atoms with E-state index < -0.39 is 40.7 Å². The van der Waals surface area contributed by atoms with E-state index in [1.54, 1.807) is 13.8 Å². The van der Waals surface area contributed by atoms with Crippen molar-refractivity contribution in [3.8, 4) is 0 Å². The van der Waals surface area contributed by atoms with Crippen LogP contribution < -0.4 is 0 Å². The highest BCUT2D eigenvalue weighted by molar-refractivity contribution is 6.74. The highest BCUT2D eigenvalue weighted by Gasteiger charge is 2.51. The van der Waals surface area contributed by atoms with Crippen molar-refractivity contribution in [1.29, 1.82) is 0 Å². The van der Waals surface area contributed by atoms with Gasteiger partial charge in [0.15, 0.2) is 28.2 Å². The van der Waals surface area contributed by atoms with Gasteiger partial charge in [0.1, 0.15) is 18.3 Å². The van der Waals surface area contributed by atoms with Gasteiger partial charge in [0.25, 0.3) is 0 Å². The molecule has 1 fully saturated rings. The van der Waals surface area contributed by atoms with Crippen molar-refractivity contribution >= 4 is 22.4 Å². The van der Waals surface area contributed by atoms with Crippen LogP contribution in [0, 0.1) is 0 Å². The fourth-order valence-corrected chi connectivity index (χ4v) is 4.81. The van der Waals surface area contributed by atoms with Crippen LogP contribution in [0.3, 0.4) is 0 Å². The lowest BCUT2D eigenvalue weighted by Crippen LogP contribution is -2.54. The molecule has 1 heterocycles. The van der Waals surface area contributed by atoms with Crippen LogP contribution in [0.4, 0.5) is 0 Å². The average Bonchev–Trinajstić information content (AvgIpc) is 2.83. The van der Waals surface area contributed by atoms with Crippen LogP contribution in [0.5, 0.6) is 0 Å². The number of aliphatic hydroxyl groups excluding tert-OH is 1. The van der Waals surface area contributed by atoms with Crippen molar-refractivity contribution < 1.29 is 28.2 Å². The molecule has 0 aliphatic carbocycles. The smallest absolute Gasteiger partial charge is 0.193 e. The van der Waals surface area contributed by atoms with E-state index in [9.17, 15) is 9.90 Å². The Balaban J connectivity index is 3.15. The molecule has 1 aliphatic heterocycles. The van der Waals surface area contributed by atoms with Crippen LogP contribution >= 0.6 is 0 Å². The van der Waals surface area contributed by atoms with Crippen LogP contribution in [-0.4, -0.2) is 64.8 Å². The minimum absolute atomic E-state index is 0.00561. The molecule has 1 rings (SSSR count). The zero-order valence-corrected chi connectivity index (χ0v) is 22.6. The lowest BCUT2D eigenvalue weighted by Gasteiger charge is -2.41. The zero-order chi connectivity index (χ0) is 23.1. The second kappa shape index (κ2) is 8.80. The number of Topliss-reactive ketones (excluding diaryl/α,β-unsaturated/α-hetero) is 1. The molecule has 6 nitrogen and oxygen atoms in total. The van der Waals surface area contributed by atoms with Gasteiger partial charge >= 0.3 is 0 Å². The van der Waals surface area contributed by atoms with E-state index in [0.717, 1.165) is 0 Å². The van der Waals surface area contributed by atoms with Crippen LogP contribution in [0.25, 0.3) is 0 Å². The van der Waals surface area contributed by atoms with Gasteiger partial charge in [-0.15, -0.1) is 0 Å². The summed E-state index contributed by atoms with van der Waals surface area (Å²) in [6.45, 7) is 24.6. The number of ether oxygens (including phenoxy) is 2. The number of carbonyl (C=O) groups excluding carboxylic acids is 1. The normalized spacial score (nSPS) is 24.6. The van der Waals surface area contributed by atoms with Crippen LogP contribution in [-0.2, 0) is 23.1 Å². The summed E-state index contributed by atoms with van der Waals surface area (Å²) in [7, 11) is -4.37. The molecule has 172 valence electrons. The summed E-state index contributed by atoms with van der Waals surface area (Å²) in [5.74, 6) is -1.03. The second-order valence-corrected chi connectivity index (χ2v) is 21.2. The zero-order valence-electron chi connectivity index (χ0n) is 20.6. The molecule has 1 N–H and O–H groups in total. The number of carbonyl (C=O) groups is 1. The highest BCUT2D eigenvalue weighted by atomic mass is 28.4. The Labute approximate surface area is 179 Å².